The maximum atomic E-state index is 13.5. The zero-order valence-electron chi connectivity index (χ0n) is 25.4. The fourth-order valence-electron chi connectivity index (χ4n) is 4.54. The number of nitrogens with two attached hydrogens (primary N) is 1. The van der Waals surface area contributed by atoms with Gasteiger partial charge in [0.15, 0.2) is 5.82 Å². The van der Waals surface area contributed by atoms with E-state index in [1.807, 2.05) is 19.2 Å². The number of nitrogen functional groups attached to an aromatic ring is 1. The van der Waals surface area contributed by atoms with Gasteiger partial charge in [-0.2, -0.15) is 0 Å². The molecule has 0 saturated carbocycles. The lowest BCUT2D eigenvalue weighted by molar-refractivity contribution is -0.121. The number of nitrogens with one attached hydrogen (secondary N) is 5. The van der Waals surface area contributed by atoms with E-state index >= 15 is 0 Å². The largest absolute Gasteiger partial charge is 0.507 e. The molecule has 244 valence electrons. The Morgan fingerprint density at radius 3 is 2.34 bits per heavy atom. The summed E-state index contributed by atoms with van der Waals surface area (Å²) in [5.41, 5.74) is 7.58. The van der Waals surface area contributed by atoms with E-state index < -0.39 is 41.7 Å². The number of carbonyl (C=O) groups excluding carboxylic acids is 2. The van der Waals surface area contributed by atoms with Crippen molar-refractivity contribution >= 4 is 35.2 Å². The van der Waals surface area contributed by atoms with E-state index in [1.165, 1.54) is 59.3 Å². The molecule has 0 spiro atoms. The zero-order chi connectivity index (χ0) is 34.2. The van der Waals surface area contributed by atoms with Crippen molar-refractivity contribution in [1.82, 2.24) is 25.5 Å². The molecule has 15 heteroatoms. The first-order valence-corrected chi connectivity index (χ1v) is 14.3. The molecule has 4 aromatic rings. The molecular weight excluding hydrogens is 611 g/mol. The van der Waals surface area contributed by atoms with Gasteiger partial charge in [-0.05, 0) is 67.4 Å². The van der Waals surface area contributed by atoms with Gasteiger partial charge in [-0.1, -0.05) is 18.2 Å². The molecule has 4 rings (SSSR count). The highest BCUT2D eigenvalue weighted by Gasteiger charge is 2.18. The predicted octanol–water partition coefficient (Wildman–Crippen LogP) is 3.00. The monoisotopic (exact) mass is 644 g/mol. The van der Waals surface area contributed by atoms with Crippen LogP contribution in [-0.4, -0.2) is 49.5 Å². The first-order valence-electron chi connectivity index (χ1n) is 14.3. The SMILES string of the molecule is CC(C)Nc1ncc(-c2cc(N)cc(C(=O)NCc3ccc(F)cc3)c2)n(CC(=O)NCc2ccc(C(=N)NC(=O)O)c(O)c2)c1=O. The molecule has 0 fully saturated rings. The Bertz CT molecular complexity index is 1890. The Hall–Kier alpha value is -6.25. The molecule has 47 heavy (non-hydrogen) atoms. The standard InChI is InChI=1S/C32H33FN8O6/c1-17(2)39-29-31(45)41(16-27(43)36-14-19-5-8-24(26(42)9-19)28(35)40-32(46)47)25(15-37-29)20-10-21(12-23(34)11-20)30(44)38-13-18-3-6-22(33)7-4-18/h3-12,15,17,42H,13-14,16,34H2,1-2H3,(H2,35,40)(H,36,43)(H,37,39)(H,38,44)(H,46,47). The van der Waals surface area contributed by atoms with E-state index in [0.29, 0.717) is 16.7 Å². The Morgan fingerprint density at radius 2 is 1.68 bits per heavy atom. The molecule has 0 atom stereocenters. The van der Waals surface area contributed by atoms with Gasteiger partial charge in [0, 0.05) is 35.9 Å². The number of anilines is 2. The minimum atomic E-state index is -1.46. The lowest BCUT2D eigenvalue weighted by Gasteiger charge is -2.17. The molecule has 3 amide bonds. The highest BCUT2D eigenvalue weighted by molar-refractivity contribution is 6.05. The third kappa shape index (κ3) is 8.91. The molecule has 0 radical (unpaired) electrons. The summed E-state index contributed by atoms with van der Waals surface area (Å²) in [6, 6.07) is 14.1. The van der Waals surface area contributed by atoms with Crippen molar-refractivity contribution in [2.24, 2.45) is 0 Å². The highest BCUT2D eigenvalue weighted by Crippen LogP contribution is 2.24. The summed E-state index contributed by atoms with van der Waals surface area (Å²) in [4.78, 5) is 54.7. The normalized spacial score (nSPS) is 10.7. The molecule has 0 saturated heterocycles. The van der Waals surface area contributed by atoms with Crippen LogP contribution in [-0.2, 0) is 24.4 Å². The van der Waals surface area contributed by atoms with Gasteiger partial charge in [-0.3, -0.25) is 29.7 Å². The summed E-state index contributed by atoms with van der Waals surface area (Å²) in [6.07, 6.45) is -0.0617. The molecule has 0 unspecified atom stereocenters. The van der Waals surface area contributed by atoms with Crippen LogP contribution in [0.5, 0.6) is 5.75 Å². The van der Waals surface area contributed by atoms with Crippen LogP contribution in [0.2, 0.25) is 0 Å². The van der Waals surface area contributed by atoms with Crippen molar-refractivity contribution in [1.29, 1.82) is 5.41 Å². The molecule has 0 aliphatic heterocycles. The second-order valence-corrected chi connectivity index (χ2v) is 10.8. The first-order chi connectivity index (χ1) is 22.3. The van der Waals surface area contributed by atoms with Gasteiger partial charge in [-0.25, -0.2) is 14.2 Å². The highest BCUT2D eigenvalue weighted by atomic mass is 19.1. The van der Waals surface area contributed by atoms with E-state index in [0.717, 1.165) is 0 Å². The van der Waals surface area contributed by atoms with Crippen LogP contribution in [0.4, 0.5) is 20.7 Å². The van der Waals surface area contributed by atoms with Crippen molar-refractivity contribution in [2.75, 3.05) is 11.1 Å². The Balaban J connectivity index is 1.57. The van der Waals surface area contributed by atoms with E-state index in [1.54, 1.807) is 12.1 Å². The molecule has 0 bridgehead atoms. The third-order valence-electron chi connectivity index (χ3n) is 6.71. The maximum absolute atomic E-state index is 13.5. The number of phenols is 1. The maximum Gasteiger partial charge on any atom is 0.410 e. The van der Waals surface area contributed by atoms with E-state index in [9.17, 15) is 28.7 Å². The van der Waals surface area contributed by atoms with Crippen LogP contribution in [0, 0.1) is 11.2 Å². The number of halogens is 1. The Kier molecular flexibility index (Phi) is 10.5. The number of phenolic OH excluding ortho intramolecular Hbond substituents is 1. The van der Waals surface area contributed by atoms with Crippen LogP contribution in [0.3, 0.4) is 0 Å². The molecule has 0 aliphatic carbocycles. The second-order valence-electron chi connectivity index (χ2n) is 10.8. The quantitative estimate of drug-likeness (QED) is 0.0681. The number of amides is 3. The average Bonchev–Trinajstić information content (AvgIpc) is 3.00. The van der Waals surface area contributed by atoms with Crippen molar-refractivity contribution < 1.29 is 29.0 Å². The van der Waals surface area contributed by atoms with Crippen LogP contribution in [0.15, 0.2) is 71.7 Å². The summed E-state index contributed by atoms with van der Waals surface area (Å²) < 4.78 is 14.4. The van der Waals surface area contributed by atoms with Crippen molar-refractivity contribution in [3.63, 3.8) is 0 Å². The Morgan fingerprint density at radius 1 is 1.00 bits per heavy atom. The van der Waals surface area contributed by atoms with Gasteiger partial charge in [0.05, 0.1) is 17.5 Å². The number of carbonyl (C=O) groups is 3. The molecule has 14 nitrogen and oxygen atoms in total. The van der Waals surface area contributed by atoms with Gasteiger partial charge in [0.2, 0.25) is 5.91 Å². The van der Waals surface area contributed by atoms with E-state index in [-0.39, 0.29) is 53.2 Å². The lowest BCUT2D eigenvalue weighted by Crippen LogP contribution is -2.35. The molecule has 1 aromatic heterocycles. The number of amidine groups is 1. The van der Waals surface area contributed by atoms with Gasteiger partial charge < -0.3 is 31.9 Å². The molecule has 0 aliphatic rings. The lowest BCUT2D eigenvalue weighted by atomic mass is 10.1. The topological polar surface area (TPSA) is 225 Å². The van der Waals surface area contributed by atoms with Crippen LogP contribution in [0.1, 0.15) is 40.9 Å². The summed E-state index contributed by atoms with van der Waals surface area (Å²) in [5, 5.41) is 37.0. The number of hydrogen-bond acceptors (Lipinski definition) is 9. The summed E-state index contributed by atoms with van der Waals surface area (Å²) in [7, 11) is 0. The number of nitrogens with zero attached hydrogens (tertiary/aromatic N) is 2. The number of benzene rings is 3. The fourth-order valence-corrected chi connectivity index (χ4v) is 4.54. The van der Waals surface area contributed by atoms with Crippen molar-refractivity contribution in [3.05, 3.63) is 105 Å². The third-order valence-corrected chi connectivity index (χ3v) is 6.71. The van der Waals surface area contributed by atoms with Crippen molar-refractivity contribution in [3.8, 4) is 17.0 Å². The van der Waals surface area contributed by atoms with E-state index in [2.05, 4.69) is 20.9 Å². The average molecular weight is 645 g/mol. The van der Waals surface area contributed by atoms with Crippen LogP contribution < -0.4 is 32.6 Å². The number of aromatic hydroxyl groups is 1. The number of rotatable bonds is 11. The molecular formula is C32H33FN8O6. The minimum absolute atomic E-state index is 0.00986. The van der Waals surface area contributed by atoms with Gasteiger partial charge >= 0.3 is 6.09 Å². The smallest absolute Gasteiger partial charge is 0.410 e. The molecule has 9 N–H and O–H groups in total. The minimum Gasteiger partial charge on any atom is -0.507 e. The van der Waals surface area contributed by atoms with Gasteiger partial charge in [0.25, 0.3) is 11.5 Å². The summed E-state index contributed by atoms with van der Waals surface area (Å²) >= 11 is 0. The fraction of sp³-hybridized carbons (Fsp3) is 0.188. The molecule has 1 heterocycles. The zero-order valence-corrected chi connectivity index (χ0v) is 25.4. The predicted molar refractivity (Wildman–Crippen MR) is 173 cm³/mol. The number of hydrogen-bond donors (Lipinski definition) is 8. The van der Waals surface area contributed by atoms with Crippen LogP contribution >= 0.6 is 0 Å². The first kappa shape index (κ1) is 33.6. The summed E-state index contributed by atoms with van der Waals surface area (Å²) in [5.74, 6) is -2.31. The second kappa shape index (κ2) is 14.7. The van der Waals surface area contributed by atoms with Gasteiger partial charge in [-0.15, -0.1) is 0 Å². The van der Waals surface area contributed by atoms with Gasteiger partial charge in [0.1, 0.15) is 23.9 Å². The number of aromatic nitrogens is 2. The summed E-state index contributed by atoms with van der Waals surface area (Å²) in [6.45, 7) is 3.27. The van der Waals surface area contributed by atoms with E-state index in [4.69, 9.17) is 16.2 Å². The molecule has 3 aromatic carbocycles. The van der Waals surface area contributed by atoms with Crippen molar-refractivity contribution in [2.45, 2.75) is 39.5 Å². The van der Waals surface area contributed by atoms with Crippen LogP contribution in [0.25, 0.3) is 11.3 Å². The Labute approximate surface area is 268 Å². The number of carboxylic acid groups (broad SMARTS) is 1.